The van der Waals surface area contributed by atoms with E-state index in [0.717, 1.165) is 0 Å². The minimum Gasteiger partial charge on any atom is -0.462 e. The second-order valence-electron chi connectivity index (χ2n) is 9.07. The maximum absolute atomic E-state index is 12.5. The first-order valence-electron chi connectivity index (χ1n) is 11.8. The van der Waals surface area contributed by atoms with Crippen LogP contribution in [0.15, 0.2) is 0 Å². The Balaban J connectivity index is 2.70. The van der Waals surface area contributed by atoms with Gasteiger partial charge in [-0.2, -0.15) is 0 Å². The van der Waals surface area contributed by atoms with E-state index in [1.54, 1.807) is 0 Å². The molecule has 10 nitrogen and oxygen atoms in total. The molecule has 1 saturated heterocycles. The molecule has 194 valence electrons. The van der Waals surface area contributed by atoms with Gasteiger partial charge in [-0.05, 0) is 11.8 Å². The molecule has 0 radical (unpaired) electrons. The summed E-state index contributed by atoms with van der Waals surface area (Å²) in [5.74, 6) is -0.708. The minimum atomic E-state index is -1.34. The third kappa shape index (κ3) is 9.56. The highest BCUT2D eigenvalue weighted by Gasteiger charge is 2.44. The summed E-state index contributed by atoms with van der Waals surface area (Å²) in [5, 5.41) is 49.8. The van der Waals surface area contributed by atoms with Crippen LogP contribution in [0.2, 0.25) is 0 Å². The summed E-state index contributed by atoms with van der Waals surface area (Å²) >= 11 is 0. The first-order chi connectivity index (χ1) is 15.6. The predicted octanol–water partition coefficient (Wildman–Crippen LogP) is 0.296. The van der Waals surface area contributed by atoms with Gasteiger partial charge in [-0.25, -0.2) is 0 Å². The van der Waals surface area contributed by atoms with Crippen LogP contribution in [0.5, 0.6) is 0 Å². The van der Waals surface area contributed by atoms with Crippen molar-refractivity contribution in [3.8, 4) is 0 Å². The topological polar surface area (TPSA) is 163 Å². The van der Waals surface area contributed by atoms with E-state index >= 15 is 0 Å². The van der Waals surface area contributed by atoms with Crippen LogP contribution in [0.1, 0.15) is 66.2 Å². The Bertz CT molecular complexity index is 573. The molecule has 0 amide bonds. The third-order valence-corrected chi connectivity index (χ3v) is 6.43. The van der Waals surface area contributed by atoms with Gasteiger partial charge >= 0.3 is 5.97 Å². The number of ether oxygens (including phenoxy) is 3. The number of carbonyl (C=O) groups excluding carboxylic acids is 2. The monoisotopic (exact) mass is 478 g/mol. The number of aldehydes is 1. The van der Waals surface area contributed by atoms with Crippen molar-refractivity contribution in [2.75, 3.05) is 6.61 Å². The van der Waals surface area contributed by atoms with Gasteiger partial charge in [0.2, 0.25) is 0 Å². The summed E-state index contributed by atoms with van der Waals surface area (Å²) in [6, 6.07) is 0. The van der Waals surface area contributed by atoms with Crippen molar-refractivity contribution < 1.29 is 49.3 Å². The Morgan fingerprint density at radius 2 is 1.58 bits per heavy atom. The van der Waals surface area contributed by atoms with Crippen LogP contribution in [0.4, 0.5) is 0 Å². The molecule has 0 spiro atoms. The van der Waals surface area contributed by atoms with E-state index in [1.807, 2.05) is 27.7 Å². The molecule has 0 aromatic carbocycles. The highest BCUT2D eigenvalue weighted by molar-refractivity contribution is 5.70. The Morgan fingerprint density at radius 3 is 2.09 bits per heavy atom. The van der Waals surface area contributed by atoms with Crippen LogP contribution in [0, 0.1) is 11.8 Å². The van der Waals surface area contributed by atoms with E-state index in [4.69, 9.17) is 14.2 Å². The highest BCUT2D eigenvalue weighted by Crippen LogP contribution is 2.28. The van der Waals surface area contributed by atoms with E-state index in [0.29, 0.717) is 19.1 Å². The Kier molecular flexibility index (Phi) is 13.6. The quantitative estimate of drug-likeness (QED) is 0.154. The largest absolute Gasteiger partial charge is 0.462 e. The van der Waals surface area contributed by atoms with Crippen molar-refractivity contribution in [2.24, 2.45) is 11.8 Å². The van der Waals surface area contributed by atoms with Crippen molar-refractivity contribution in [1.29, 1.82) is 0 Å². The number of carbonyl (C=O) groups is 2. The number of esters is 1. The molecular formula is C23H42O10. The molecule has 0 aliphatic carbocycles. The zero-order chi connectivity index (χ0) is 25.1. The molecule has 10 heteroatoms. The summed E-state index contributed by atoms with van der Waals surface area (Å²) in [5.41, 5.74) is 0. The molecule has 1 fully saturated rings. The normalized spacial score (nSPS) is 28.5. The van der Waals surface area contributed by atoms with Crippen LogP contribution in [-0.2, 0) is 23.8 Å². The van der Waals surface area contributed by atoms with Gasteiger partial charge in [-0.3, -0.25) is 4.79 Å². The summed E-state index contributed by atoms with van der Waals surface area (Å²) in [6.45, 7) is 7.16. The minimum absolute atomic E-state index is 0.0320. The zero-order valence-electron chi connectivity index (χ0n) is 20.1. The molecule has 0 bridgehead atoms. The maximum Gasteiger partial charge on any atom is 0.308 e. The number of aliphatic hydroxyl groups excluding tert-OH is 5. The summed E-state index contributed by atoms with van der Waals surface area (Å²) in [4.78, 5) is 23.1. The fourth-order valence-electron chi connectivity index (χ4n) is 3.73. The average molecular weight is 479 g/mol. The fraction of sp³-hybridized carbons (Fsp3) is 0.913. The Morgan fingerprint density at radius 1 is 1.00 bits per heavy atom. The molecule has 0 saturated carbocycles. The van der Waals surface area contributed by atoms with Gasteiger partial charge in [-0.15, -0.1) is 0 Å². The Hall–Kier alpha value is -1.14. The SMILES string of the molecule is CC[C@@H](C)C(CC(O)CC(=O)O[C@@H](CC(O)CC=O)[C@H](C)CC)O[C@@H]1O[C@@H](CO)[C@H](O)[C@H]1O. The van der Waals surface area contributed by atoms with Gasteiger partial charge in [-0.1, -0.05) is 40.5 Å². The molecule has 1 heterocycles. The van der Waals surface area contributed by atoms with E-state index in [1.165, 1.54) is 0 Å². The summed E-state index contributed by atoms with van der Waals surface area (Å²) in [7, 11) is 0. The number of hydrogen-bond acceptors (Lipinski definition) is 10. The van der Waals surface area contributed by atoms with Crippen LogP contribution in [0.3, 0.4) is 0 Å². The fourth-order valence-corrected chi connectivity index (χ4v) is 3.73. The van der Waals surface area contributed by atoms with Gasteiger partial charge in [0.25, 0.3) is 0 Å². The van der Waals surface area contributed by atoms with Gasteiger partial charge in [0.1, 0.15) is 30.7 Å². The number of rotatable bonds is 16. The molecule has 1 aliphatic heterocycles. The van der Waals surface area contributed by atoms with Crippen LogP contribution in [-0.4, -0.2) is 93.4 Å². The van der Waals surface area contributed by atoms with E-state index in [9.17, 15) is 35.1 Å². The molecule has 3 unspecified atom stereocenters. The molecule has 33 heavy (non-hydrogen) atoms. The molecular weight excluding hydrogens is 436 g/mol. The number of aliphatic hydroxyl groups is 5. The van der Waals surface area contributed by atoms with E-state index < -0.39 is 61.6 Å². The van der Waals surface area contributed by atoms with Crippen LogP contribution >= 0.6 is 0 Å². The summed E-state index contributed by atoms with van der Waals surface area (Å²) in [6.07, 6.45) is -6.01. The first kappa shape index (κ1) is 29.9. The number of hydrogen-bond donors (Lipinski definition) is 5. The second-order valence-corrected chi connectivity index (χ2v) is 9.07. The molecule has 0 aromatic heterocycles. The van der Waals surface area contributed by atoms with Gasteiger partial charge < -0.3 is 44.5 Å². The zero-order valence-corrected chi connectivity index (χ0v) is 20.1. The molecule has 5 N–H and O–H groups in total. The molecule has 10 atom stereocenters. The van der Waals surface area contributed by atoms with Gasteiger partial charge in [0.05, 0.1) is 31.3 Å². The Labute approximate surface area is 195 Å². The predicted molar refractivity (Wildman–Crippen MR) is 118 cm³/mol. The van der Waals surface area contributed by atoms with Gasteiger partial charge in [0.15, 0.2) is 6.29 Å². The smallest absolute Gasteiger partial charge is 0.308 e. The maximum atomic E-state index is 12.5. The lowest BCUT2D eigenvalue weighted by molar-refractivity contribution is -0.208. The lowest BCUT2D eigenvalue weighted by atomic mass is 9.94. The standard InChI is InChI=1S/C23H42O10/c1-5-13(3)17(9-15(26)7-8-24)31-20(28)11-16(27)10-18(14(4)6-2)32-23-22(30)21(29)19(12-25)33-23/h8,13-19,21-23,25-27,29-30H,5-7,9-12H2,1-4H3/t13-,14-,15?,16?,17+,18?,19+,21+,22-,23-/m1/s1. The van der Waals surface area contributed by atoms with Crippen LogP contribution < -0.4 is 0 Å². The molecule has 1 aliphatic rings. The lowest BCUT2D eigenvalue weighted by Crippen LogP contribution is -2.39. The van der Waals surface area contributed by atoms with E-state index in [2.05, 4.69) is 0 Å². The van der Waals surface area contributed by atoms with Crippen molar-refractivity contribution in [2.45, 2.75) is 115 Å². The average Bonchev–Trinajstić information content (AvgIpc) is 3.04. The third-order valence-electron chi connectivity index (χ3n) is 6.43. The van der Waals surface area contributed by atoms with Crippen molar-refractivity contribution in [1.82, 2.24) is 0 Å². The molecule has 0 aromatic rings. The lowest BCUT2D eigenvalue weighted by Gasteiger charge is -2.30. The molecule has 1 rings (SSSR count). The van der Waals surface area contributed by atoms with E-state index in [-0.39, 0.29) is 37.5 Å². The first-order valence-corrected chi connectivity index (χ1v) is 11.8. The van der Waals surface area contributed by atoms with Gasteiger partial charge in [0, 0.05) is 19.3 Å². The van der Waals surface area contributed by atoms with Crippen molar-refractivity contribution in [3.63, 3.8) is 0 Å². The van der Waals surface area contributed by atoms with Crippen LogP contribution in [0.25, 0.3) is 0 Å². The van der Waals surface area contributed by atoms with Crippen molar-refractivity contribution >= 4 is 12.3 Å². The van der Waals surface area contributed by atoms with Crippen molar-refractivity contribution in [3.05, 3.63) is 0 Å². The second kappa shape index (κ2) is 15.0. The summed E-state index contributed by atoms with van der Waals surface area (Å²) < 4.78 is 16.7. The highest BCUT2D eigenvalue weighted by atomic mass is 16.7.